The number of carbonyl (C=O) groups is 2. The van der Waals surface area contributed by atoms with Crippen LogP contribution in [0.25, 0.3) is 0 Å². The van der Waals surface area contributed by atoms with Crippen LogP contribution in [0.3, 0.4) is 0 Å². The van der Waals surface area contributed by atoms with E-state index in [4.69, 9.17) is 33.7 Å². The first-order valence-corrected chi connectivity index (χ1v) is 28.7. The average molecular weight is 1070 g/mol. The van der Waals surface area contributed by atoms with Crippen LogP contribution in [0.4, 0.5) is 5.82 Å². The Morgan fingerprint density at radius 3 is 1.95 bits per heavy atom. The van der Waals surface area contributed by atoms with Crippen molar-refractivity contribution in [2.75, 3.05) is 25.6 Å². The number of phosphoric ester groups is 2. The third-order valence-corrected chi connectivity index (χ3v) is 14.0. The Hall–Kier alpha value is -4.10. The lowest BCUT2D eigenvalue weighted by atomic mass is 10.1. The topological polar surface area (TPSA) is 278 Å². The molecule has 3 heterocycles. The number of ether oxygens (including phenoxy) is 4. The predicted molar refractivity (Wildman–Crippen MR) is 279 cm³/mol. The standard InChI is InChI=1S/C52H81N3O16P2/c1-3-5-7-8-9-10-11-12-13-14-15-16-17-18-19-20-25-28-32-36-48(57)68-42(39-65-47(56)35-31-27-24-22-21-23-26-30-34-44-43(69-44)33-29-6-4-2)40-66-72(61,62)71-73(63,64)67-41-45-49(58)50(59)51(70-45)55-38-37-46(53)54-52(55)60/h5,7,9-10,12-13,15-16,18-19,25-26,28,30,37-38,42-45,49-51,58-59H,3-4,6,8,11,14,17,20-24,27,29,31-36,39-41H2,1-2H3,(H,61,62)(H,63,64)(H2,53,54,60)/b7-5-,10-9-,13-12-,16-15-,19-18-,28-25-,30-26-/t42-,43?,44?,45-,49-,50-,51-/m1/s1. The van der Waals surface area contributed by atoms with Crippen LogP contribution < -0.4 is 11.4 Å². The maximum Gasteiger partial charge on any atom is 0.481 e. The van der Waals surface area contributed by atoms with Crippen LogP contribution in [-0.4, -0.2) is 97.9 Å². The molecule has 2 saturated heterocycles. The Morgan fingerprint density at radius 1 is 0.699 bits per heavy atom. The zero-order chi connectivity index (χ0) is 53.2. The molecular weight excluding hydrogens is 985 g/mol. The number of epoxide rings is 1. The van der Waals surface area contributed by atoms with E-state index in [9.17, 15) is 43.5 Å². The summed E-state index contributed by atoms with van der Waals surface area (Å²) in [6, 6.07) is 1.24. The highest BCUT2D eigenvalue weighted by atomic mass is 31.3. The molecule has 0 spiro atoms. The normalized spacial score (nSPS) is 22.4. The number of hydrogen-bond donors (Lipinski definition) is 5. The highest BCUT2D eigenvalue weighted by Gasteiger charge is 2.46. The first-order chi connectivity index (χ1) is 35.1. The summed E-state index contributed by atoms with van der Waals surface area (Å²) in [6.45, 7) is 1.91. The Morgan fingerprint density at radius 2 is 1.30 bits per heavy atom. The highest BCUT2D eigenvalue weighted by Crippen LogP contribution is 2.60. The molecule has 0 aromatic carbocycles. The van der Waals surface area contributed by atoms with Gasteiger partial charge in [0.1, 0.15) is 30.7 Å². The van der Waals surface area contributed by atoms with Gasteiger partial charge in [-0.1, -0.05) is 137 Å². The van der Waals surface area contributed by atoms with E-state index < -0.39 is 83.7 Å². The smallest absolute Gasteiger partial charge is 0.462 e. The molecule has 0 bridgehead atoms. The van der Waals surface area contributed by atoms with Crippen molar-refractivity contribution >= 4 is 33.4 Å². The van der Waals surface area contributed by atoms with Crippen LogP contribution in [0, 0.1) is 0 Å². The number of aliphatic hydroxyl groups excluding tert-OH is 2. The number of carbonyl (C=O) groups excluding carboxylic acids is 2. The fourth-order valence-electron chi connectivity index (χ4n) is 7.34. The third kappa shape index (κ3) is 29.0. The van der Waals surface area contributed by atoms with Crippen molar-refractivity contribution < 1.29 is 71.0 Å². The number of allylic oxidation sites excluding steroid dienone is 13. The number of nitrogens with two attached hydrogens (primary N) is 1. The summed E-state index contributed by atoms with van der Waals surface area (Å²) in [7, 11) is -10.9. The Kier molecular flexibility index (Phi) is 31.8. The third-order valence-electron chi connectivity index (χ3n) is 11.4. The summed E-state index contributed by atoms with van der Waals surface area (Å²) in [5, 5.41) is 20.9. The minimum absolute atomic E-state index is 0.0853. The molecule has 410 valence electrons. The SMILES string of the molecule is CC/C=C\C/C=C\C/C=C\C/C=C\C/C=C\C/C=C\CCC(=O)O[C@H](COC(=O)CCCCCCC/C=C\CC1OC1CCCCC)COP(=O)(O)OP(=O)(O)OC[C@H]1O[C@@H](n2ccc(N)nc2=O)[C@H](O)[C@@H]1O. The quantitative estimate of drug-likeness (QED) is 0.0134. The average Bonchev–Trinajstić information content (AvgIpc) is 4.04. The molecule has 6 N–H and O–H groups in total. The minimum atomic E-state index is -5.45. The predicted octanol–water partition coefficient (Wildman–Crippen LogP) is 9.65. The van der Waals surface area contributed by atoms with Crippen LogP contribution in [0.2, 0.25) is 0 Å². The van der Waals surface area contributed by atoms with Gasteiger partial charge in [0.05, 0.1) is 25.4 Å². The van der Waals surface area contributed by atoms with E-state index in [0.717, 1.165) is 87.8 Å². The lowest BCUT2D eigenvalue weighted by molar-refractivity contribution is -0.161. The second kappa shape index (κ2) is 36.8. The van der Waals surface area contributed by atoms with Crippen LogP contribution in [-0.2, 0) is 51.0 Å². The van der Waals surface area contributed by atoms with E-state index in [1.54, 1.807) is 6.08 Å². The molecule has 73 heavy (non-hydrogen) atoms. The number of esters is 2. The molecule has 0 saturated carbocycles. The molecule has 9 atom stereocenters. The van der Waals surface area contributed by atoms with Crippen molar-refractivity contribution in [2.24, 2.45) is 0 Å². The van der Waals surface area contributed by atoms with Crippen LogP contribution in [0.15, 0.2) is 102 Å². The van der Waals surface area contributed by atoms with Crippen molar-refractivity contribution in [3.05, 3.63) is 108 Å². The van der Waals surface area contributed by atoms with E-state index in [2.05, 4.69) is 83.9 Å². The van der Waals surface area contributed by atoms with Gasteiger partial charge in [-0.2, -0.15) is 9.29 Å². The highest BCUT2D eigenvalue weighted by molar-refractivity contribution is 7.61. The summed E-state index contributed by atoms with van der Waals surface area (Å²) < 4.78 is 62.4. The van der Waals surface area contributed by atoms with Gasteiger partial charge in [-0.3, -0.25) is 23.2 Å². The number of rotatable bonds is 40. The summed E-state index contributed by atoms with van der Waals surface area (Å²) >= 11 is 0. The second-order valence-electron chi connectivity index (χ2n) is 17.7. The molecule has 2 aliphatic rings. The number of nitrogens with zero attached hydrogens (tertiary/aromatic N) is 2. The first kappa shape index (κ1) is 63.2. The molecule has 3 rings (SSSR count). The Labute approximate surface area is 431 Å². The first-order valence-electron chi connectivity index (χ1n) is 25.7. The minimum Gasteiger partial charge on any atom is -0.462 e. The molecule has 0 amide bonds. The zero-order valence-electron chi connectivity index (χ0n) is 42.6. The second-order valence-corrected chi connectivity index (χ2v) is 20.7. The fraction of sp³-hybridized carbons (Fsp3) is 0.615. The molecule has 4 unspecified atom stereocenters. The van der Waals surface area contributed by atoms with Crippen molar-refractivity contribution in [1.82, 2.24) is 9.55 Å². The monoisotopic (exact) mass is 1070 g/mol. The van der Waals surface area contributed by atoms with Crippen molar-refractivity contribution in [2.45, 2.75) is 185 Å². The van der Waals surface area contributed by atoms with Gasteiger partial charge in [0, 0.05) is 19.0 Å². The van der Waals surface area contributed by atoms with Crippen molar-refractivity contribution in [1.29, 1.82) is 0 Å². The summed E-state index contributed by atoms with van der Waals surface area (Å²) in [5.41, 5.74) is 4.58. The van der Waals surface area contributed by atoms with E-state index in [1.165, 1.54) is 25.3 Å². The molecule has 1 aromatic heterocycles. The summed E-state index contributed by atoms with van der Waals surface area (Å²) in [4.78, 5) is 61.9. The summed E-state index contributed by atoms with van der Waals surface area (Å²) in [5.74, 6) is -1.43. The van der Waals surface area contributed by atoms with Crippen molar-refractivity contribution in [3.8, 4) is 0 Å². The van der Waals surface area contributed by atoms with Crippen LogP contribution >= 0.6 is 15.6 Å². The van der Waals surface area contributed by atoms with Crippen LogP contribution in [0.1, 0.15) is 148 Å². The fourth-order valence-corrected chi connectivity index (χ4v) is 9.45. The van der Waals surface area contributed by atoms with Gasteiger partial charge in [-0.15, -0.1) is 0 Å². The molecule has 2 aliphatic heterocycles. The van der Waals surface area contributed by atoms with Gasteiger partial charge < -0.3 is 44.7 Å². The number of anilines is 1. The number of phosphoric acid groups is 2. The zero-order valence-corrected chi connectivity index (χ0v) is 44.4. The lowest BCUT2D eigenvalue weighted by Gasteiger charge is -2.21. The molecule has 0 aliphatic carbocycles. The Balaban J connectivity index is 1.42. The molecular formula is C52H81N3O16P2. The Bertz CT molecular complexity index is 2120. The van der Waals surface area contributed by atoms with E-state index in [1.807, 2.05) is 18.2 Å². The van der Waals surface area contributed by atoms with Crippen LogP contribution in [0.5, 0.6) is 0 Å². The van der Waals surface area contributed by atoms with Gasteiger partial charge in [-0.05, 0) is 83.1 Å². The van der Waals surface area contributed by atoms with Gasteiger partial charge in [0.25, 0.3) is 0 Å². The molecule has 0 radical (unpaired) electrons. The van der Waals surface area contributed by atoms with E-state index >= 15 is 0 Å². The maximum absolute atomic E-state index is 12.9. The van der Waals surface area contributed by atoms with Crippen molar-refractivity contribution in [3.63, 3.8) is 0 Å². The number of aliphatic hydroxyl groups is 2. The number of unbranched alkanes of at least 4 members (excludes halogenated alkanes) is 7. The lowest BCUT2D eigenvalue weighted by Crippen LogP contribution is -2.36. The number of aromatic nitrogens is 2. The maximum atomic E-state index is 12.9. The molecule has 2 fully saturated rings. The molecule has 21 heteroatoms. The number of hydrogen-bond acceptors (Lipinski definition) is 16. The largest absolute Gasteiger partial charge is 0.481 e. The number of nitrogen functional groups attached to an aromatic ring is 1. The van der Waals surface area contributed by atoms with Gasteiger partial charge in [-0.25, -0.2) is 13.9 Å². The molecule has 19 nitrogen and oxygen atoms in total. The molecule has 1 aromatic rings. The van der Waals surface area contributed by atoms with E-state index in [0.29, 0.717) is 31.5 Å². The summed E-state index contributed by atoms with van der Waals surface area (Å²) in [6.07, 6.45) is 39.9. The van der Waals surface area contributed by atoms with Gasteiger partial charge in [0.15, 0.2) is 12.3 Å². The van der Waals surface area contributed by atoms with Gasteiger partial charge in [0.2, 0.25) is 0 Å². The van der Waals surface area contributed by atoms with E-state index in [-0.39, 0.29) is 18.7 Å². The van der Waals surface area contributed by atoms with Gasteiger partial charge >= 0.3 is 33.3 Å².